The van der Waals surface area contributed by atoms with Crippen LogP contribution in [0, 0.1) is 0 Å². The minimum Gasteiger partial charge on any atom is -0.480 e. The van der Waals surface area contributed by atoms with Crippen LogP contribution in [0.5, 0.6) is 0 Å². The van der Waals surface area contributed by atoms with Crippen molar-refractivity contribution in [3.05, 3.63) is 0 Å². The molecule has 7 nitrogen and oxygen atoms in total. The van der Waals surface area contributed by atoms with Crippen LogP contribution in [-0.4, -0.2) is 67.1 Å². The lowest BCUT2D eigenvalue weighted by Crippen LogP contribution is -2.44. The van der Waals surface area contributed by atoms with Crippen molar-refractivity contribution in [1.82, 2.24) is 4.90 Å². The Morgan fingerprint density at radius 2 is 2.00 bits per heavy atom. The van der Waals surface area contributed by atoms with Crippen molar-refractivity contribution in [3.63, 3.8) is 0 Å². The van der Waals surface area contributed by atoms with Crippen LogP contribution in [0.4, 0.5) is 0 Å². The second kappa shape index (κ2) is 5.87. The molecule has 1 aliphatic heterocycles. The highest BCUT2D eigenvalue weighted by Crippen LogP contribution is 2.21. The molecule has 0 aliphatic carbocycles. The summed E-state index contributed by atoms with van der Waals surface area (Å²) < 4.78 is 28.4. The minimum atomic E-state index is -3.53. The fourth-order valence-corrected chi connectivity index (χ4v) is 2.74. The van der Waals surface area contributed by atoms with Crippen molar-refractivity contribution in [2.45, 2.75) is 37.7 Å². The quantitative estimate of drug-likeness (QED) is 0.734. The molecule has 0 aromatic heterocycles. The van der Waals surface area contributed by atoms with E-state index in [2.05, 4.69) is 0 Å². The number of aliphatic carboxylic acids is 1. The summed E-state index contributed by atoms with van der Waals surface area (Å²) in [5.74, 6) is -2.49. The highest BCUT2D eigenvalue weighted by Gasteiger charge is 2.41. The van der Waals surface area contributed by atoms with E-state index in [1.54, 1.807) is 0 Å². The average molecular weight is 293 g/mol. The van der Waals surface area contributed by atoms with Gasteiger partial charge in [-0.3, -0.25) is 4.79 Å². The fraction of sp³-hybridized carbons (Fsp3) is 0.818. The van der Waals surface area contributed by atoms with Crippen LogP contribution in [0.25, 0.3) is 0 Å². The van der Waals surface area contributed by atoms with Gasteiger partial charge < -0.3 is 14.7 Å². The van der Waals surface area contributed by atoms with Crippen LogP contribution in [0.2, 0.25) is 0 Å². The number of hydrogen-bond acceptors (Lipinski definition) is 5. The first-order chi connectivity index (χ1) is 8.69. The number of methoxy groups -OCH3 is 1. The standard InChI is InChI=1S/C11H19NO6S/c1-7(2)19(16,17)6-10(13)12-5-8(18-3)4-9(12)11(14)15/h7-9H,4-6H2,1-3H3,(H,14,15). The Bertz CT molecular complexity index is 458. The number of sulfone groups is 1. The number of carboxylic acid groups (broad SMARTS) is 1. The number of ether oxygens (including phenoxy) is 1. The molecule has 1 aliphatic rings. The van der Waals surface area contributed by atoms with E-state index < -0.39 is 38.8 Å². The van der Waals surface area contributed by atoms with E-state index in [0.717, 1.165) is 4.90 Å². The number of likely N-dealkylation sites (tertiary alicyclic amines) is 1. The highest BCUT2D eigenvalue weighted by molar-refractivity contribution is 7.92. The molecule has 1 N–H and O–H groups in total. The Kier molecular flexibility index (Phi) is 4.92. The van der Waals surface area contributed by atoms with Crippen LogP contribution in [0.1, 0.15) is 20.3 Å². The Morgan fingerprint density at radius 3 is 2.42 bits per heavy atom. The summed E-state index contributed by atoms with van der Waals surface area (Å²) in [6, 6.07) is -1.01. The van der Waals surface area contributed by atoms with Gasteiger partial charge in [0, 0.05) is 20.1 Å². The normalized spacial score (nSPS) is 23.9. The summed E-state index contributed by atoms with van der Waals surface area (Å²) in [7, 11) is -2.10. The molecule has 2 unspecified atom stereocenters. The Balaban J connectivity index is 2.83. The molecule has 2 atom stereocenters. The van der Waals surface area contributed by atoms with Gasteiger partial charge in [0.25, 0.3) is 0 Å². The first-order valence-corrected chi connectivity index (χ1v) is 7.67. The lowest BCUT2D eigenvalue weighted by Gasteiger charge is -2.21. The summed E-state index contributed by atoms with van der Waals surface area (Å²) in [6.45, 7) is 3.08. The lowest BCUT2D eigenvalue weighted by atomic mass is 10.2. The van der Waals surface area contributed by atoms with Crippen molar-refractivity contribution < 1.29 is 27.9 Å². The van der Waals surface area contributed by atoms with Gasteiger partial charge in [0.15, 0.2) is 9.84 Å². The zero-order valence-corrected chi connectivity index (χ0v) is 12.0. The van der Waals surface area contributed by atoms with Crippen LogP contribution < -0.4 is 0 Å². The van der Waals surface area contributed by atoms with Crippen LogP contribution >= 0.6 is 0 Å². The monoisotopic (exact) mass is 293 g/mol. The van der Waals surface area contributed by atoms with E-state index in [0.29, 0.717) is 0 Å². The summed E-state index contributed by atoms with van der Waals surface area (Å²) in [5, 5.41) is 8.39. The summed E-state index contributed by atoms with van der Waals surface area (Å²) in [5.41, 5.74) is 0. The molecule has 19 heavy (non-hydrogen) atoms. The zero-order chi connectivity index (χ0) is 14.8. The molecule has 1 amide bonds. The van der Waals surface area contributed by atoms with Gasteiger partial charge in [-0.2, -0.15) is 0 Å². The lowest BCUT2D eigenvalue weighted by molar-refractivity contribution is -0.147. The van der Waals surface area contributed by atoms with Gasteiger partial charge >= 0.3 is 5.97 Å². The fourth-order valence-electron chi connectivity index (χ4n) is 1.90. The molecule has 1 fully saturated rings. The third kappa shape index (κ3) is 3.66. The maximum atomic E-state index is 12.0. The molecular weight excluding hydrogens is 274 g/mol. The Labute approximate surface area is 112 Å². The molecule has 0 saturated carbocycles. The molecular formula is C11H19NO6S. The van der Waals surface area contributed by atoms with Crippen molar-refractivity contribution in [3.8, 4) is 0 Å². The number of carbonyl (C=O) groups is 2. The summed E-state index contributed by atoms with van der Waals surface area (Å²) in [6.07, 6.45) is -0.189. The predicted molar refractivity (Wildman–Crippen MR) is 67.5 cm³/mol. The Morgan fingerprint density at radius 1 is 1.42 bits per heavy atom. The molecule has 0 spiro atoms. The second-order valence-corrected chi connectivity index (χ2v) is 7.41. The molecule has 110 valence electrons. The van der Waals surface area contributed by atoms with E-state index in [1.807, 2.05) is 0 Å². The van der Waals surface area contributed by atoms with Gasteiger partial charge in [-0.05, 0) is 13.8 Å². The molecule has 1 rings (SSSR count). The Hall–Kier alpha value is -1.15. The number of amides is 1. The van der Waals surface area contributed by atoms with E-state index >= 15 is 0 Å². The van der Waals surface area contributed by atoms with E-state index in [1.165, 1.54) is 21.0 Å². The van der Waals surface area contributed by atoms with Crippen LogP contribution in [0.3, 0.4) is 0 Å². The molecule has 1 heterocycles. The minimum absolute atomic E-state index is 0.111. The molecule has 8 heteroatoms. The van der Waals surface area contributed by atoms with E-state index in [9.17, 15) is 18.0 Å². The van der Waals surface area contributed by atoms with Crippen molar-refractivity contribution in [2.75, 3.05) is 19.4 Å². The SMILES string of the molecule is COC1CC(C(=O)O)N(C(=O)CS(=O)(=O)C(C)C)C1. The number of carbonyl (C=O) groups excluding carboxylic acids is 1. The van der Waals surface area contributed by atoms with Crippen molar-refractivity contribution >= 4 is 21.7 Å². The molecule has 0 bridgehead atoms. The van der Waals surface area contributed by atoms with Gasteiger partial charge in [-0.15, -0.1) is 0 Å². The first-order valence-electron chi connectivity index (χ1n) is 5.95. The molecule has 1 saturated heterocycles. The van der Waals surface area contributed by atoms with Gasteiger partial charge in [0.05, 0.1) is 11.4 Å². The maximum absolute atomic E-state index is 12.0. The number of rotatable bonds is 5. The number of carboxylic acids is 1. The van der Waals surface area contributed by atoms with Gasteiger partial charge in [0.2, 0.25) is 5.91 Å². The second-order valence-electron chi connectivity index (χ2n) is 4.85. The maximum Gasteiger partial charge on any atom is 0.326 e. The van der Waals surface area contributed by atoms with Crippen molar-refractivity contribution in [1.29, 1.82) is 0 Å². The van der Waals surface area contributed by atoms with Gasteiger partial charge in [-0.25, -0.2) is 13.2 Å². The molecule has 0 aromatic rings. The highest BCUT2D eigenvalue weighted by atomic mass is 32.2. The zero-order valence-electron chi connectivity index (χ0n) is 11.2. The van der Waals surface area contributed by atoms with Gasteiger partial charge in [-0.1, -0.05) is 0 Å². The molecule has 0 radical (unpaired) electrons. The summed E-state index contributed by atoms with van der Waals surface area (Å²) >= 11 is 0. The third-order valence-corrected chi connectivity index (χ3v) is 5.33. The topological polar surface area (TPSA) is 101 Å². The summed E-state index contributed by atoms with van der Waals surface area (Å²) in [4.78, 5) is 24.1. The first kappa shape index (κ1) is 15.9. The van der Waals surface area contributed by atoms with E-state index in [-0.39, 0.29) is 19.1 Å². The van der Waals surface area contributed by atoms with Gasteiger partial charge in [0.1, 0.15) is 11.8 Å². The van der Waals surface area contributed by atoms with Crippen LogP contribution in [-0.2, 0) is 24.2 Å². The molecule has 0 aromatic carbocycles. The predicted octanol–water partition coefficient (Wildman–Crippen LogP) is -0.490. The largest absolute Gasteiger partial charge is 0.480 e. The van der Waals surface area contributed by atoms with E-state index in [4.69, 9.17) is 9.84 Å². The van der Waals surface area contributed by atoms with Crippen molar-refractivity contribution in [2.24, 2.45) is 0 Å². The average Bonchev–Trinajstić information content (AvgIpc) is 2.72. The number of nitrogens with zero attached hydrogens (tertiary/aromatic N) is 1. The smallest absolute Gasteiger partial charge is 0.326 e. The number of hydrogen-bond donors (Lipinski definition) is 1. The van der Waals surface area contributed by atoms with Crippen LogP contribution in [0.15, 0.2) is 0 Å². The third-order valence-electron chi connectivity index (χ3n) is 3.24.